The van der Waals surface area contributed by atoms with Gasteiger partial charge in [0.1, 0.15) is 4.90 Å². The molecule has 3 N–H and O–H groups in total. The van der Waals surface area contributed by atoms with Crippen LogP contribution in [-0.4, -0.2) is 26.3 Å². The summed E-state index contributed by atoms with van der Waals surface area (Å²) in [6.07, 6.45) is 5.24. The molecule has 9 heteroatoms. The first-order valence-corrected chi connectivity index (χ1v) is 13.7. The zero-order chi connectivity index (χ0) is 25.7. The highest BCUT2D eigenvalue weighted by Gasteiger charge is 2.22. The lowest BCUT2D eigenvalue weighted by atomic mass is 9.95. The van der Waals surface area contributed by atoms with Crippen molar-refractivity contribution in [1.82, 2.24) is 5.32 Å². The van der Waals surface area contributed by atoms with Crippen LogP contribution in [0.3, 0.4) is 0 Å². The van der Waals surface area contributed by atoms with E-state index in [-0.39, 0.29) is 27.4 Å². The van der Waals surface area contributed by atoms with E-state index in [2.05, 4.69) is 15.4 Å². The Hall–Kier alpha value is -3.36. The zero-order valence-corrected chi connectivity index (χ0v) is 21.5. The number of carbonyl (C=O) groups excluding carboxylic acids is 2. The average molecular weight is 526 g/mol. The summed E-state index contributed by atoms with van der Waals surface area (Å²) in [7, 11) is -4.05. The highest BCUT2D eigenvalue weighted by Crippen LogP contribution is 2.26. The van der Waals surface area contributed by atoms with Crippen molar-refractivity contribution in [1.29, 1.82) is 0 Å². The zero-order valence-electron chi connectivity index (χ0n) is 19.9. The van der Waals surface area contributed by atoms with Crippen molar-refractivity contribution in [3.63, 3.8) is 0 Å². The second kappa shape index (κ2) is 11.1. The quantitative estimate of drug-likeness (QED) is 0.364. The van der Waals surface area contributed by atoms with Crippen molar-refractivity contribution in [2.75, 3.05) is 10.0 Å². The first-order chi connectivity index (χ1) is 17.2. The van der Waals surface area contributed by atoms with Crippen molar-refractivity contribution >= 4 is 44.8 Å². The fraction of sp³-hybridized carbons (Fsp3) is 0.259. The third kappa shape index (κ3) is 6.25. The third-order valence-corrected chi connectivity index (χ3v) is 8.01. The van der Waals surface area contributed by atoms with E-state index in [1.54, 1.807) is 48.5 Å². The van der Waals surface area contributed by atoms with Gasteiger partial charge in [-0.1, -0.05) is 60.7 Å². The number of rotatable bonds is 7. The smallest absolute Gasteiger partial charge is 0.263 e. The van der Waals surface area contributed by atoms with E-state index in [1.165, 1.54) is 24.6 Å². The second-order valence-corrected chi connectivity index (χ2v) is 11.0. The average Bonchev–Trinajstić information content (AvgIpc) is 2.86. The Kier molecular flexibility index (Phi) is 7.96. The minimum atomic E-state index is -4.05. The Labute approximate surface area is 216 Å². The van der Waals surface area contributed by atoms with Gasteiger partial charge in [0.05, 0.1) is 16.3 Å². The van der Waals surface area contributed by atoms with Crippen LogP contribution in [0, 0.1) is 6.92 Å². The van der Waals surface area contributed by atoms with Crippen LogP contribution in [0.15, 0.2) is 71.6 Å². The Morgan fingerprint density at radius 1 is 0.889 bits per heavy atom. The number of para-hydroxylation sites is 1. The largest absolute Gasteiger partial charge is 0.349 e. The summed E-state index contributed by atoms with van der Waals surface area (Å²) < 4.78 is 28.5. The fourth-order valence-corrected chi connectivity index (χ4v) is 5.76. The molecule has 0 aromatic heterocycles. The highest BCUT2D eigenvalue weighted by atomic mass is 35.5. The molecule has 0 saturated heterocycles. The van der Waals surface area contributed by atoms with Crippen LogP contribution in [0.2, 0.25) is 5.02 Å². The summed E-state index contributed by atoms with van der Waals surface area (Å²) in [5, 5.41) is 5.78. The van der Waals surface area contributed by atoms with Gasteiger partial charge < -0.3 is 10.6 Å². The number of anilines is 2. The number of aryl methyl sites for hydroxylation is 1. The van der Waals surface area contributed by atoms with E-state index in [0.717, 1.165) is 31.2 Å². The van der Waals surface area contributed by atoms with E-state index < -0.39 is 15.9 Å². The maximum absolute atomic E-state index is 13.1. The lowest BCUT2D eigenvalue weighted by Gasteiger charge is -2.23. The van der Waals surface area contributed by atoms with Gasteiger partial charge in [-0.05, 0) is 62.2 Å². The van der Waals surface area contributed by atoms with E-state index >= 15 is 0 Å². The van der Waals surface area contributed by atoms with Crippen molar-refractivity contribution < 1.29 is 18.0 Å². The molecule has 0 heterocycles. The normalized spacial score (nSPS) is 14.2. The van der Waals surface area contributed by atoms with E-state index in [0.29, 0.717) is 16.9 Å². The molecule has 4 rings (SSSR count). The van der Waals surface area contributed by atoms with Crippen molar-refractivity contribution in [2.24, 2.45) is 0 Å². The van der Waals surface area contributed by atoms with Crippen molar-refractivity contribution in [2.45, 2.75) is 50.0 Å². The van der Waals surface area contributed by atoms with Gasteiger partial charge in [0, 0.05) is 17.3 Å². The van der Waals surface area contributed by atoms with Crippen molar-refractivity contribution in [3.8, 4) is 0 Å². The lowest BCUT2D eigenvalue weighted by molar-refractivity contribution is 0.0928. The molecular formula is C27H28ClN3O4S. The Balaban J connectivity index is 1.53. The molecule has 0 spiro atoms. The Morgan fingerprint density at radius 3 is 2.31 bits per heavy atom. The van der Waals surface area contributed by atoms with Crippen molar-refractivity contribution in [3.05, 3.63) is 88.4 Å². The molecule has 1 fully saturated rings. The fourth-order valence-electron chi connectivity index (χ4n) is 4.18. The number of sulfonamides is 1. The first-order valence-electron chi connectivity index (χ1n) is 11.8. The molecule has 0 atom stereocenters. The van der Waals surface area contributed by atoms with Gasteiger partial charge in [-0.15, -0.1) is 0 Å². The lowest BCUT2D eigenvalue weighted by Crippen LogP contribution is -2.36. The molecule has 188 valence electrons. The second-order valence-electron chi connectivity index (χ2n) is 8.92. The predicted molar refractivity (Wildman–Crippen MR) is 142 cm³/mol. The number of carbonyl (C=O) groups is 2. The first kappa shape index (κ1) is 25.7. The van der Waals surface area contributed by atoms with E-state index in [1.807, 2.05) is 6.92 Å². The van der Waals surface area contributed by atoms with Gasteiger partial charge in [-0.2, -0.15) is 0 Å². The summed E-state index contributed by atoms with van der Waals surface area (Å²) in [6, 6.07) is 17.7. The van der Waals surface area contributed by atoms with Crippen LogP contribution in [0.1, 0.15) is 58.4 Å². The highest BCUT2D eigenvalue weighted by molar-refractivity contribution is 7.92. The minimum Gasteiger partial charge on any atom is -0.349 e. The van der Waals surface area contributed by atoms with Gasteiger partial charge in [-0.3, -0.25) is 14.3 Å². The predicted octanol–water partition coefficient (Wildman–Crippen LogP) is 5.76. The molecule has 0 radical (unpaired) electrons. The molecule has 0 bridgehead atoms. The maximum Gasteiger partial charge on any atom is 0.263 e. The van der Waals surface area contributed by atoms with Gasteiger partial charge in [-0.25, -0.2) is 8.42 Å². The molecule has 2 amide bonds. The number of hydrogen-bond acceptors (Lipinski definition) is 4. The van der Waals surface area contributed by atoms with Crippen LogP contribution >= 0.6 is 11.6 Å². The molecule has 1 aliphatic rings. The third-order valence-electron chi connectivity index (χ3n) is 6.15. The van der Waals surface area contributed by atoms with Crippen LogP contribution in [-0.2, 0) is 10.0 Å². The topological polar surface area (TPSA) is 104 Å². The molecule has 36 heavy (non-hydrogen) atoms. The number of hydrogen-bond donors (Lipinski definition) is 3. The molecule has 3 aromatic rings. The molecule has 1 aliphatic carbocycles. The SMILES string of the molecule is Cc1ccc(NS(=O)(=O)c2cc(C(=O)Nc3ccccc3C(=O)NC3CCCCC3)ccc2Cl)cc1. The molecule has 7 nitrogen and oxygen atoms in total. The minimum absolute atomic E-state index is 0.0154. The maximum atomic E-state index is 13.1. The molecule has 1 saturated carbocycles. The summed E-state index contributed by atoms with van der Waals surface area (Å²) in [4.78, 5) is 25.8. The van der Waals surface area contributed by atoms with Gasteiger partial charge >= 0.3 is 0 Å². The van der Waals surface area contributed by atoms with E-state index in [9.17, 15) is 18.0 Å². The Morgan fingerprint density at radius 2 is 1.58 bits per heavy atom. The van der Waals surface area contributed by atoms with Crippen LogP contribution in [0.25, 0.3) is 0 Å². The number of nitrogens with one attached hydrogen (secondary N) is 3. The molecule has 0 unspecified atom stereocenters. The standard InChI is InChI=1S/C27H28ClN3O4S/c1-18-11-14-21(15-12-18)31-36(34,35)25-17-19(13-16-23(25)28)26(32)30-24-10-6-5-9-22(24)27(33)29-20-7-3-2-4-8-20/h5-6,9-17,20,31H,2-4,7-8H2,1H3,(H,29,33)(H,30,32). The monoisotopic (exact) mass is 525 g/mol. The molecule has 3 aromatic carbocycles. The summed E-state index contributed by atoms with van der Waals surface area (Å²) >= 11 is 6.19. The molecule has 0 aliphatic heterocycles. The van der Waals surface area contributed by atoms with Gasteiger partial charge in [0.25, 0.3) is 21.8 Å². The van der Waals surface area contributed by atoms with Crippen LogP contribution in [0.4, 0.5) is 11.4 Å². The van der Waals surface area contributed by atoms with Crippen LogP contribution < -0.4 is 15.4 Å². The summed E-state index contributed by atoms with van der Waals surface area (Å²) in [6.45, 7) is 1.90. The van der Waals surface area contributed by atoms with Crippen LogP contribution in [0.5, 0.6) is 0 Å². The summed E-state index contributed by atoms with van der Waals surface area (Å²) in [5.74, 6) is -0.809. The number of halogens is 1. The number of benzene rings is 3. The Bertz CT molecular complexity index is 1370. The number of amides is 2. The summed E-state index contributed by atoms with van der Waals surface area (Å²) in [5.41, 5.74) is 2.14. The van der Waals surface area contributed by atoms with Gasteiger partial charge in [0.15, 0.2) is 0 Å². The van der Waals surface area contributed by atoms with E-state index in [4.69, 9.17) is 11.6 Å². The molecular weight excluding hydrogens is 498 g/mol. The van der Waals surface area contributed by atoms with Gasteiger partial charge in [0.2, 0.25) is 0 Å².